The van der Waals surface area contributed by atoms with Gasteiger partial charge >= 0.3 is 0 Å². The van der Waals surface area contributed by atoms with Gasteiger partial charge in [0.25, 0.3) is 0 Å². The van der Waals surface area contributed by atoms with Crippen LogP contribution in [0.25, 0.3) is 0 Å². The number of hydrogen-bond donors (Lipinski definition) is 3. The fraction of sp³-hybridized carbons (Fsp3) is 0.300. The first-order valence-electron chi connectivity index (χ1n) is 4.95. The number of nitrogens with zero attached hydrogens (tertiary/aromatic N) is 2. The Bertz CT molecular complexity index is 445. The highest BCUT2D eigenvalue weighted by molar-refractivity contribution is 7.80. The molecule has 1 aromatic heterocycles. The Morgan fingerprint density at radius 3 is 2.88 bits per heavy atom. The normalized spacial score (nSPS) is 9.29. The van der Waals surface area contributed by atoms with E-state index in [0.717, 1.165) is 12.1 Å². The summed E-state index contributed by atoms with van der Waals surface area (Å²) in [6.07, 6.45) is 0. The van der Waals surface area contributed by atoms with Crippen LogP contribution in [0.2, 0.25) is 5.15 Å². The smallest absolute Gasteiger partial charge is 0.185 e. The lowest BCUT2D eigenvalue weighted by molar-refractivity contribution is 0.923. The number of hydrogen-bond acceptors (Lipinski definition) is 4. The molecule has 0 aliphatic heterocycles. The van der Waals surface area contributed by atoms with Crippen molar-refractivity contribution in [3.05, 3.63) is 22.3 Å². The van der Waals surface area contributed by atoms with Gasteiger partial charge in [0.05, 0.1) is 5.56 Å². The van der Waals surface area contributed by atoms with Crippen molar-refractivity contribution in [2.24, 2.45) is 0 Å². The minimum Gasteiger partial charge on any atom is -0.362 e. The van der Waals surface area contributed by atoms with E-state index in [1.165, 1.54) is 0 Å². The zero-order chi connectivity index (χ0) is 12.8. The highest BCUT2D eigenvalue weighted by Gasteiger charge is 2.07. The molecule has 1 rings (SSSR count). The van der Waals surface area contributed by atoms with Crippen LogP contribution in [0.5, 0.6) is 0 Å². The number of pyridine rings is 1. The molecule has 90 valence electrons. The van der Waals surface area contributed by atoms with Crippen molar-refractivity contribution in [1.29, 1.82) is 5.26 Å². The Morgan fingerprint density at radius 1 is 1.65 bits per heavy atom. The maximum atomic E-state index is 8.84. The van der Waals surface area contributed by atoms with Crippen molar-refractivity contribution in [1.82, 2.24) is 15.7 Å². The Morgan fingerprint density at radius 2 is 2.35 bits per heavy atom. The van der Waals surface area contributed by atoms with Gasteiger partial charge in [-0.1, -0.05) is 11.6 Å². The molecule has 0 atom stereocenters. The molecule has 0 fully saturated rings. The fourth-order valence-corrected chi connectivity index (χ4v) is 1.64. The summed E-state index contributed by atoms with van der Waals surface area (Å²) in [7, 11) is 0. The van der Waals surface area contributed by atoms with Crippen LogP contribution < -0.4 is 16.2 Å². The predicted molar refractivity (Wildman–Crippen MR) is 71.7 cm³/mol. The molecule has 0 saturated heterocycles. The molecule has 1 heterocycles. The van der Waals surface area contributed by atoms with Gasteiger partial charge in [0, 0.05) is 6.54 Å². The Labute approximate surface area is 110 Å². The van der Waals surface area contributed by atoms with E-state index in [1.54, 1.807) is 13.0 Å². The molecule has 0 amide bonds. The average Bonchev–Trinajstić information content (AvgIpc) is 2.26. The van der Waals surface area contributed by atoms with Crippen LogP contribution in [0.1, 0.15) is 18.1 Å². The zero-order valence-corrected chi connectivity index (χ0v) is 11.0. The molecule has 0 aromatic carbocycles. The molecule has 0 unspecified atom stereocenters. The number of thiocarbonyl (C=S) groups is 1. The summed E-state index contributed by atoms with van der Waals surface area (Å²) in [5, 5.41) is 12.4. The number of aromatic nitrogens is 1. The number of nitrogens with one attached hydrogen (secondary N) is 3. The van der Waals surface area contributed by atoms with Crippen LogP contribution in [0, 0.1) is 18.3 Å². The van der Waals surface area contributed by atoms with Crippen LogP contribution >= 0.6 is 23.8 Å². The van der Waals surface area contributed by atoms with Crippen LogP contribution in [-0.4, -0.2) is 16.6 Å². The van der Waals surface area contributed by atoms with Crippen LogP contribution in [-0.2, 0) is 0 Å². The van der Waals surface area contributed by atoms with Crippen molar-refractivity contribution in [3.8, 4) is 6.07 Å². The monoisotopic (exact) mass is 269 g/mol. The predicted octanol–water partition coefficient (Wildman–Crippen LogP) is 1.73. The van der Waals surface area contributed by atoms with Crippen molar-refractivity contribution >= 4 is 34.7 Å². The Balaban J connectivity index is 2.74. The van der Waals surface area contributed by atoms with Gasteiger partial charge < -0.3 is 5.32 Å². The molecule has 0 spiro atoms. The molecular weight excluding hydrogens is 258 g/mol. The van der Waals surface area contributed by atoms with Crippen LogP contribution in [0.3, 0.4) is 0 Å². The minimum absolute atomic E-state index is 0.172. The third kappa shape index (κ3) is 3.73. The van der Waals surface area contributed by atoms with Crippen molar-refractivity contribution in [2.75, 3.05) is 12.0 Å². The third-order valence-corrected chi connectivity index (χ3v) is 2.45. The van der Waals surface area contributed by atoms with E-state index < -0.39 is 0 Å². The molecule has 0 radical (unpaired) electrons. The number of nitriles is 1. The largest absolute Gasteiger partial charge is 0.362 e. The maximum Gasteiger partial charge on any atom is 0.185 e. The van der Waals surface area contributed by atoms with Crippen molar-refractivity contribution in [2.45, 2.75) is 13.8 Å². The number of halogens is 1. The number of hydrazine groups is 1. The first kappa shape index (κ1) is 13.5. The number of aryl methyl sites for hydroxylation is 1. The van der Waals surface area contributed by atoms with Crippen molar-refractivity contribution in [3.63, 3.8) is 0 Å². The van der Waals surface area contributed by atoms with Crippen molar-refractivity contribution < 1.29 is 0 Å². The van der Waals surface area contributed by atoms with Gasteiger partial charge in [0.15, 0.2) is 5.11 Å². The molecule has 0 bridgehead atoms. The van der Waals surface area contributed by atoms with Gasteiger partial charge in [-0.05, 0) is 37.7 Å². The zero-order valence-electron chi connectivity index (χ0n) is 9.47. The molecule has 17 heavy (non-hydrogen) atoms. The first-order chi connectivity index (χ1) is 8.08. The van der Waals surface area contributed by atoms with E-state index in [0.29, 0.717) is 16.5 Å². The number of rotatable bonds is 3. The quantitative estimate of drug-likeness (QED) is 0.441. The highest BCUT2D eigenvalue weighted by atomic mass is 35.5. The summed E-state index contributed by atoms with van der Waals surface area (Å²) in [6.45, 7) is 4.46. The van der Waals surface area contributed by atoms with Gasteiger partial charge in [-0.15, -0.1) is 0 Å². The summed E-state index contributed by atoms with van der Waals surface area (Å²) >= 11 is 10.8. The second kappa shape index (κ2) is 6.23. The summed E-state index contributed by atoms with van der Waals surface area (Å²) in [5.74, 6) is 0.506. The van der Waals surface area contributed by atoms with E-state index >= 15 is 0 Å². The lowest BCUT2D eigenvalue weighted by Gasteiger charge is -2.11. The average molecular weight is 270 g/mol. The lowest BCUT2D eigenvalue weighted by atomic mass is 10.2. The van der Waals surface area contributed by atoms with Gasteiger partial charge in [0.1, 0.15) is 17.0 Å². The topological polar surface area (TPSA) is 72.8 Å². The van der Waals surface area contributed by atoms with Gasteiger partial charge in [0.2, 0.25) is 0 Å². The molecule has 5 nitrogen and oxygen atoms in total. The van der Waals surface area contributed by atoms with Gasteiger partial charge in [-0.2, -0.15) is 5.26 Å². The minimum atomic E-state index is 0.172. The SMILES string of the molecule is CCNC(=S)NNc1cc(C)c(C#N)c(Cl)n1. The molecule has 7 heteroatoms. The highest BCUT2D eigenvalue weighted by Crippen LogP contribution is 2.19. The van der Waals surface area contributed by atoms with E-state index in [4.69, 9.17) is 29.1 Å². The van der Waals surface area contributed by atoms with Gasteiger partial charge in [-0.25, -0.2) is 4.98 Å². The van der Waals surface area contributed by atoms with E-state index in [-0.39, 0.29) is 5.15 Å². The lowest BCUT2D eigenvalue weighted by Crippen LogP contribution is -2.38. The van der Waals surface area contributed by atoms with E-state index in [2.05, 4.69) is 21.2 Å². The van der Waals surface area contributed by atoms with E-state index in [9.17, 15) is 0 Å². The fourth-order valence-electron chi connectivity index (χ4n) is 1.16. The van der Waals surface area contributed by atoms with Crippen LogP contribution in [0.15, 0.2) is 6.07 Å². The standard InChI is InChI=1S/C10H12ClN5S/c1-3-13-10(17)16-15-8-4-6(2)7(5-12)9(11)14-8/h4H,3H2,1-2H3,(H,14,15)(H2,13,16,17). The molecule has 1 aromatic rings. The maximum absolute atomic E-state index is 8.84. The Kier molecular flexibility index (Phi) is 4.94. The van der Waals surface area contributed by atoms with E-state index in [1.807, 2.05) is 13.0 Å². The third-order valence-electron chi connectivity index (χ3n) is 1.93. The number of anilines is 1. The summed E-state index contributed by atoms with van der Waals surface area (Å²) in [6, 6.07) is 3.71. The Hall–Kier alpha value is -1.58. The molecule has 0 aliphatic carbocycles. The van der Waals surface area contributed by atoms with Gasteiger partial charge in [-0.3, -0.25) is 10.9 Å². The molecular formula is C10H12ClN5S. The molecule has 0 saturated carbocycles. The summed E-state index contributed by atoms with van der Waals surface area (Å²) in [5.41, 5.74) is 6.70. The summed E-state index contributed by atoms with van der Waals surface area (Å²) < 4.78 is 0. The molecule has 3 N–H and O–H groups in total. The second-order valence-electron chi connectivity index (χ2n) is 3.21. The second-order valence-corrected chi connectivity index (χ2v) is 3.98. The first-order valence-corrected chi connectivity index (χ1v) is 5.74. The molecule has 0 aliphatic rings. The van der Waals surface area contributed by atoms with Crippen LogP contribution in [0.4, 0.5) is 5.82 Å². The summed E-state index contributed by atoms with van der Waals surface area (Å²) in [4.78, 5) is 4.02.